The Bertz CT molecular complexity index is 764. The molecule has 122 valence electrons. The molecule has 1 fully saturated rings. The van der Waals surface area contributed by atoms with Crippen LogP contribution in [0.3, 0.4) is 0 Å². The summed E-state index contributed by atoms with van der Waals surface area (Å²) in [6.07, 6.45) is 2.44. The number of nitrogens with zero attached hydrogens (tertiary/aromatic N) is 1. The van der Waals surface area contributed by atoms with E-state index in [2.05, 4.69) is 9.62 Å². The number of aryl methyl sites for hydroxylation is 1. The molecule has 1 aliphatic heterocycles. The molecule has 4 nitrogen and oxygen atoms in total. The van der Waals surface area contributed by atoms with Crippen molar-refractivity contribution in [3.63, 3.8) is 0 Å². The maximum absolute atomic E-state index is 12.6. The molecule has 1 heterocycles. The quantitative estimate of drug-likeness (QED) is 0.914. The molecule has 1 saturated heterocycles. The van der Waals surface area contributed by atoms with Crippen LogP contribution < -0.4 is 4.72 Å². The van der Waals surface area contributed by atoms with Crippen LogP contribution in [-0.2, 0) is 16.6 Å². The molecule has 1 aliphatic rings. The summed E-state index contributed by atoms with van der Waals surface area (Å²) in [5.41, 5.74) is 2.73. The van der Waals surface area contributed by atoms with Gasteiger partial charge in [-0.05, 0) is 56.6 Å². The SMILES string of the molecule is Cc1ccc(S(=O)(=O)Nc2ccccc2CN2CCCC2)cc1. The highest BCUT2D eigenvalue weighted by molar-refractivity contribution is 7.92. The smallest absolute Gasteiger partial charge is 0.261 e. The molecule has 1 N–H and O–H groups in total. The van der Waals surface area contributed by atoms with Crippen molar-refractivity contribution in [1.82, 2.24) is 4.90 Å². The van der Waals surface area contributed by atoms with Crippen molar-refractivity contribution in [3.8, 4) is 0 Å². The van der Waals surface area contributed by atoms with Crippen LogP contribution >= 0.6 is 0 Å². The van der Waals surface area contributed by atoms with E-state index in [4.69, 9.17) is 0 Å². The van der Waals surface area contributed by atoms with Crippen LogP contribution in [0.1, 0.15) is 24.0 Å². The fraction of sp³-hybridized carbons (Fsp3) is 0.333. The molecule has 0 saturated carbocycles. The molecule has 0 bridgehead atoms. The average molecular weight is 330 g/mol. The molecule has 5 heteroatoms. The van der Waals surface area contributed by atoms with Crippen molar-refractivity contribution < 1.29 is 8.42 Å². The Hall–Kier alpha value is -1.85. The minimum absolute atomic E-state index is 0.291. The van der Waals surface area contributed by atoms with Crippen molar-refractivity contribution in [3.05, 3.63) is 59.7 Å². The summed E-state index contributed by atoms with van der Waals surface area (Å²) in [5.74, 6) is 0. The van der Waals surface area contributed by atoms with Crippen molar-refractivity contribution in [1.29, 1.82) is 0 Å². The highest BCUT2D eigenvalue weighted by Crippen LogP contribution is 2.23. The Labute approximate surface area is 138 Å². The molecular formula is C18H22N2O2S. The van der Waals surface area contributed by atoms with Crippen LogP contribution in [0.2, 0.25) is 0 Å². The van der Waals surface area contributed by atoms with Gasteiger partial charge in [0.1, 0.15) is 0 Å². The number of benzene rings is 2. The van der Waals surface area contributed by atoms with Crippen LogP contribution in [0.5, 0.6) is 0 Å². The molecule has 0 aliphatic carbocycles. The zero-order valence-electron chi connectivity index (χ0n) is 13.3. The minimum atomic E-state index is -3.55. The Balaban J connectivity index is 1.82. The summed E-state index contributed by atoms with van der Waals surface area (Å²) < 4.78 is 27.9. The Kier molecular flexibility index (Phi) is 4.68. The van der Waals surface area contributed by atoms with Gasteiger partial charge < -0.3 is 0 Å². The Morgan fingerprint density at radius 2 is 1.65 bits per heavy atom. The largest absolute Gasteiger partial charge is 0.299 e. The van der Waals surface area contributed by atoms with Gasteiger partial charge in [0.25, 0.3) is 10.0 Å². The van der Waals surface area contributed by atoms with Crippen LogP contribution in [0.15, 0.2) is 53.4 Å². The standard InChI is InChI=1S/C18H22N2O2S/c1-15-8-10-17(11-9-15)23(21,22)19-18-7-3-2-6-16(18)14-20-12-4-5-13-20/h2-3,6-11,19H,4-5,12-14H2,1H3. The van der Waals surface area contributed by atoms with Gasteiger partial charge in [-0.2, -0.15) is 0 Å². The van der Waals surface area contributed by atoms with Crippen molar-refractivity contribution >= 4 is 15.7 Å². The predicted octanol–water partition coefficient (Wildman–Crippen LogP) is 3.39. The number of likely N-dealkylation sites (tertiary alicyclic amines) is 1. The molecule has 0 aromatic heterocycles. The third-order valence-electron chi connectivity index (χ3n) is 4.19. The van der Waals surface area contributed by atoms with Crippen LogP contribution in [-0.4, -0.2) is 26.4 Å². The van der Waals surface area contributed by atoms with E-state index in [1.165, 1.54) is 12.8 Å². The van der Waals surface area contributed by atoms with E-state index in [-0.39, 0.29) is 0 Å². The zero-order valence-corrected chi connectivity index (χ0v) is 14.1. The van der Waals surface area contributed by atoms with Gasteiger partial charge in [-0.15, -0.1) is 0 Å². The van der Waals surface area contributed by atoms with E-state index in [9.17, 15) is 8.42 Å². The maximum atomic E-state index is 12.6. The van der Waals surface area contributed by atoms with Crippen molar-refractivity contribution in [2.24, 2.45) is 0 Å². The topological polar surface area (TPSA) is 49.4 Å². The normalized spacial score (nSPS) is 15.7. The first-order valence-electron chi connectivity index (χ1n) is 7.94. The van der Waals surface area contributed by atoms with Crippen LogP contribution in [0, 0.1) is 6.92 Å². The van der Waals surface area contributed by atoms with E-state index in [0.717, 1.165) is 30.8 Å². The van der Waals surface area contributed by atoms with Crippen molar-refractivity contribution in [2.45, 2.75) is 31.2 Å². The number of sulfonamides is 1. The van der Waals surface area contributed by atoms with Gasteiger partial charge in [-0.25, -0.2) is 8.42 Å². The lowest BCUT2D eigenvalue weighted by molar-refractivity contribution is 0.332. The second-order valence-corrected chi connectivity index (χ2v) is 7.74. The van der Waals surface area contributed by atoms with Gasteiger partial charge in [-0.3, -0.25) is 9.62 Å². The number of hydrogen-bond donors (Lipinski definition) is 1. The average Bonchev–Trinajstić information content (AvgIpc) is 3.02. The number of para-hydroxylation sites is 1. The second kappa shape index (κ2) is 6.72. The molecule has 0 amide bonds. The lowest BCUT2D eigenvalue weighted by atomic mass is 10.2. The maximum Gasteiger partial charge on any atom is 0.261 e. The summed E-state index contributed by atoms with van der Waals surface area (Å²) in [7, 11) is -3.55. The molecule has 0 atom stereocenters. The zero-order chi connectivity index (χ0) is 16.3. The van der Waals surface area contributed by atoms with E-state index < -0.39 is 10.0 Å². The molecule has 2 aromatic carbocycles. The lowest BCUT2D eigenvalue weighted by Crippen LogP contribution is -2.20. The molecule has 3 rings (SSSR count). The number of rotatable bonds is 5. The van der Waals surface area contributed by atoms with Crippen LogP contribution in [0.4, 0.5) is 5.69 Å². The summed E-state index contributed by atoms with van der Waals surface area (Å²) in [6.45, 7) is 4.89. The number of hydrogen-bond acceptors (Lipinski definition) is 3. The lowest BCUT2D eigenvalue weighted by Gasteiger charge is -2.18. The molecule has 0 radical (unpaired) electrons. The Morgan fingerprint density at radius 1 is 1.00 bits per heavy atom. The van der Waals surface area contributed by atoms with Gasteiger partial charge >= 0.3 is 0 Å². The van der Waals surface area contributed by atoms with Gasteiger partial charge in [-0.1, -0.05) is 35.9 Å². The monoisotopic (exact) mass is 330 g/mol. The first-order chi connectivity index (χ1) is 11.0. The fourth-order valence-corrected chi connectivity index (χ4v) is 3.96. The minimum Gasteiger partial charge on any atom is -0.299 e. The third-order valence-corrected chi connectivity index (χ3v) is 5.57. The fourth-order valence-electron chi connectivity index (χ4n) is 2.86. The van der Waals surface area contributed by atoms with Gasteiger partial charge in [0.2, 0.25) is 0 Å². The number of nitrogens with one attached hydrogen (secondary N) is 1. The summed E-state index contributed by atoms with van der Waals surface area (Å²) in [5, 5.41) is 0. The summed E-state index contributed by atoms with van der Waals surface area (Å²) in [6, 6.07) is 14.5. The van der Waals surface area contributed by atoms with E-state index in [1.807, 2.05) is 43.3 Å². The molecular weight excluding hydrogens is 308 g/mol. The first kappa shape index (κ1) is 16.0. The first-order valence-corrected chi connectivity index (χ1v) is 9.43. The van der Waals surface area contributed by atoms with Crippen LogP contribution in [0.25, 0.3) is 0 Å². The van der Waals surface area contributed by atoms with E-state index >= 15 is 0 Å². The second-order valence-electron chi connectivity index (χ2n) is 6.06. The Morgan fingerprint density at radius 3 is 2.35 bits per heavy atom. The molecule has 2 aromatic rings. The van der Waals surface area contributed by atoms with Gasteiger partial charge in [0.05, 0.1) is 10.6 Å². The molecule has 0 unspecified atom stereocenters. The summed E-state index contributed by atoms with van der Waals surface area (Å²) >= 11 is 0. The highest BCUT2D eigenvalue weighted by atomic mass is 32.2. The third kappa shape index (κ3) is 3.92. The number of anilines is 1. The highest BCUT2D eigenvalue weighted by Gasteiger charge is 2.18. The molecule has 23 heavy (non-hydrogen) atoms. The molecule has 0 spiro atoms. The van der Waals surface area contributed by atoms with E-state index in [0.29, 0.717) is 10.6 Å². The van der Waals surface area contributed by atoms with E-state index in [1.54, 1.807) is 12.1 Å². The summed E-state index contributed by atoms with van der Waals surface area (Å²) in [4.78, 5) is 2.65. The van der Waals surface area contributed by atoms with Gasteiger partial charge in [0.15, 0.2) is 0 Å². The van der Waals surface area contributed by atoms with Crippen molar-refractivity contribution in [2.75, 3.05) is 17.8 Å². The predicted molar refractivity (Wildman–Crippen MR) is 92.9 cm³/mol. The van der Waals surface area contributed by atoms with Gasteiger partial charge in [0, 0.05) is 6.54 Å².